The van der Waals surface area contributed by atoms with Gasteiger partial charge in [-0.25, -0.2) is 0 Å². The van der Waals surface area contributed by atoms with Crippen LogP contribution in [0.2, 0.25) is 0 Å². The quantitative estimate of drug-likeness (QED) is 0.859. The van der Waals surface area contributed by atoms with Crippen molar-refractivity contribution in [3.63, 3.8) is 0 Å². The molecule has 1 heterocycles. The molecule has 1 atom stereocenters. The van der Waals surface area contributed by atoms with Crippen LogP contribution >= 0.6 is 0 Å². The third-order valence-electron chi connectivity index (χ3n) is 3.68. The van der Waals surface area contributed by atoms with Gasteiger partial charge < -0.3 is 14.4 Å². The fraction of sp³-hybridized carbons (Fsp3) is 0.588. The number of benzene rings is 1. The summed E-state index contributed by atoms with van der Waals surface area (Å²) in [6, 6.07) is 7.96. The Morgan fingerprint density at radius 2 is 2.00 bits per heavy atom. The van der Waals surface area contributed by atoms with Gasteiger partial charge in [-0.2, -0.15) is 0 Å². The number of carbonyl (C=O) groups excluding carboxylic acids is 1. The molecule has 2 rings (SSSR count). The average molecular weight is 291 g/mol. The second-order valence-corrected chi connectivity index (χ2v) is 6.58. The zero-order chi connectivity index (χ0) is 15.5. The van der Waals surface area contributed by atoms with E-state index in [1.165, 1.54) is 5.56 Å². The molecule has 0 N–H and O–H groups in total. The SMILES string of the molecule is CC1CN(C(=O)COc2ccc(C(C)(C)C)cc2)CCO1. The summed E-state index contributed by atoms with van der Waals surface area (Å²) in [5.41, 5.74) is 1.38. The van der Waals surface area contributed by atoms with Crippen molar-refractivity contribution in [2.45, 2.75) is 39.2 Å². The lowest BCUT2D eigenvalue weighted by Gasteiger charge is -2.31. The number of ether oxygens (including phenoxy) is 2. The zero-order valence-electron chi connectivity index (χ0n) is 13.4. The molecule has 1 aromatic carbocycles. The Bertz CT molecular complexity index is 476. The molecule has 0 bridgehead atoms. The number of amides is 1. The van der Waals surface area contributed by atoms with Crippen molar-refractivity contribution in [2.75, 3.05) is 26.3 Å². The first-order valence-corrected chi connectivity index (χ1v) is 7.49. The number of hydrogen-bond acceptors (Lipinski definition) is 3. The van der Waals surface area contributed by atoms with Crippen LogP contribution in [-0.2, 0) is 14.9 Å². The predicted molar refractivity (Wildman–Crippen MR) is 82.6 cm³/mol. The molecule has 21 heavy (non-hydrogen) atoms. The van der Waals surface area contributed by atoms with Crippen molar-refractivity contribution in [1.29, 1.82) is 0 Å². The molecule has 1 aliphatic heterocycles. The highest BCUT2D eigenvalue weighted by Gasteiger charge is 2.21. The van der Waals surface area contributed by atoms with E-state index in [9.17, 15) is 4.79 Å². The van der Waals surface area contributed by atoms with Crippen LogP contribution in [-0.4, -0.2) is 43.2 Å². The topological polar surface area (TPSA) is 38.8 Å². The molecule has 116 valence electrons. The molecule has 1 saturated heterocycles. The summed E-state index contributed by atoms with van der Waals surface area (Å²) in [6.07, 6.45) is 0.105. The van der Waals surface area contributed by atoms with E-state index in [0.29, 0.717) is 19.7 Å². The van der Waals surface area contributed by atoms with Gasteiger partial charge in [0.2, 0.25) is 0 Å². The fourth-order valence-corrected chi connectivity index (χ4v) is 2.33. The van der Waals surface area contributed by atoms with Crippen LogP contribution in [0.4, 0.5) is 0 Å². The number of morpholine rings is 1. The Balaban J connectivity index is 1.86. The molecule has 0 aliphatic carbocycles. The first-order valence-electron chi connectivity index (χ1n) is 7.49. The van der Waals surface area contributed by atoms with Crippen LogP contribution < -0.4 is 4.74 Å². The maximum absolute atomic E-state index is 12.1. The summed E-state index contributed by atoms with van der Waals surface area (Å²) in [4.78, 5) is 13.9. The second kappa shape index (κ2) is 6.48. The molecule has 1 aliphatic rings. The lowest BCUT2D eigenvalue weighted by molar-refractivity contribution is -0.140. The fourth-order valence-electron chi connectivity index (χ4n) is 2.33. The van der Waals surface area contributed by atoms with E-state index in [1.54, 1.807) is 4.90 Å². The standard InChI is InChI=1S/C17H25NO3/c1-13-11-18(9-10-20-13)16(19)12-21-15-7-5-14(6-8-15)17(2,3)4/h5-8,13H,9-12H2,1-4H3. The van der Waals surface area contributed by atoms with Crippen LogP contribution in [0.5, 0.6) is 5.75 Å². The van der Waals surface area contributed by atoms with Gasteiger partial charge in [0, 0.05) is 13.1 Å². The van der Waals surface area contributed by atoms with Gasteiger partial charge in [0.1, 0.15) is 5.75 Å². The summed E-state index contributed by atoms with van der Waals surface area (Å²) in [6.45, 7) is 10.5. The zero-order valence-corrected chi connectivity index (χ0v) is 13.4. The molecule has 0 spiro atoms. The van der Waals surface area contributed by atoms with Crippen molar-refractivity contribution in [1.82, 2.24) is 4.90 Å². The molecule has 1 fully saturated rings. The van der Waals surface area contributed by atoms with Gasteiger partial charge in [-0.1, -0.05) is 32.9 Å². The number of rotatable bonds is 3. The van der Waals surface area contributed by atoms with Gasteiger partial charge in [0.15, 0.2) is 6.61 Å². The second-order valence-electron chi connectivity index (χ2n) is 6.58. The molecule has 0 aromatic heterocycles. The molecule has 4 heteroatoms. The summed E-state index contributed by atoms with van der Waals surface area (Å²) in [5.74, 6) is 0.753. The van der Waals surface area contributed by atoms with Gasteiger partial charge in [-0.05, 0) is 30.0 Å². The Morgan fingerprint density at radius 1 is 1.33 bits per heavy atom. The molecule has 4 nitrogen and oxygen atoms in total. The Kier molecular flexibility index (Phi) is 4.88. The van der Waals surface area contributed by atoms with Crippen LogP contribution in [0.25, 0.3) is 0 Å². The van der Waals surface area contributed by atoms with Crippen molar-refractivity contribution < 1.29 is 14.3 Å². The van der Waals surface area contributed by atoms with E-state index < -0.39 is 0 Å². The van der Waals surface area contributed by atoms with Crippen LogP contribution in [0.3, 0.4) is 0 Å². The van der Waals surface area contributed by atoms with Gasteiger partial charge in [-0.15, -0.1) is 0 Å². The summed E-state index contributed by atoms with van der Waals surface area (Å²) in [7, 11) is 0. The summed E-state index contributed by atoms with van der Waals surface area (Å²) in [5, 5.41) is 0. The summed E-state index contributed by atoms with van der Waals surface area (Å²) < 4.78 is 11.0. The molecule has 1 aromatic rings. The van der Waals surface area contributed by atoms with Gasteiger partial charge in [-0.3, -0.25) is 4.79 Å². The number of carbonyl (C=O) groups is 1. The van der Waals surface area contributed by atoms with Gasteiger partial charge >= 0.3 is 0 Å². The Morgan fingerprint density at radius 3 is 2.57 bits per heavy atom. The molecular weight excluding hydrogens is 266 g/mol. The van der Waals surface area contributed by atoms with Crippen molar-refractivity contribution in [3.05, 3.63) is 29.8 Å². The highest BCUT2D eigenvalue weighted by molar-refractivity contribution is 5.77. The molecule has 0 radical (unpaired) electrons. The smallest absolute Gasteiger partial charge is 0.260 e. The van der Waals surface area contributed by atoms with Crippen LogP contribution in [0, 0.1) is 0 Å². The van der Waals surface area contributed by atoms with Gasteiger partial charge in [0.05, 0.1) is 12.7 Å². The van der Waals surface area contributed by atoms with E-state index >= 15 is 0 Å². The maximum atomic E-state index is 12.1. The molecular formula is C17H25NO3. The minimum absolute atomic E-state index is 0.0186. The largest absolute Gasteiger partial charge is 0.484 e. The number of nitrogens with zero attached hydrogens (tertiary/aromatic N) is 1. The molecule has 1 amide bonds. The first kappa shape index (κ1) is 15.8. The number of hydrogen-bond donors (Lipinski definition) is 0. The molecule has 0 saturated carbocycles. The minimum Gasteiger partial charge on any atom is -0.484 e. The highest BCUT2D eigenvalue weighted by Crippen LogP contribution is 2.24. The maximum Gasteiger partial charge on any atom is 0.260 e. The normalized spacial score (nSPS) is 19.4. The Labute approximate surface area is 127 Å². The lowest BCUT2D eigenvalue weighted by Crippen LogP contribution is -2.46. The van der Waals surface area contributed by atoms with Crippen molar-refractivity contribution in [2.24, 2.45) is 0 Å². The van der Waals surface area contributed by atoms with Crippen molar-refractivity contribution in [3.8, 4) is 5.75 Å². The predicted octanol–water partition coefficient (Wildman–Crippen LogP) is 2.61. The minimum atomic E-state index is 0.0186. The van der Waals surface area contributed by atoms with E-state index in [2.05, 4.69) is 32.9 Å². The van der Waals surface area contributed by atoms with E-state index in [0.717, 1.165) is 5.75 Å². The Hall–Kier alpha value is -1.55. The third kappa shape index (κ3) is 4.46. The monoisotopic (exact) mass is 291 g/mol. The van der Waals surface area contributed by atoms with Crippen LogP contribution in [0.15, 0.2) is 24.3 Å². The lowest BCUT2D eigenvalue weighted by atomic mass is 9.87. The van der Waals surface area contributed by atoms with E-state index in [1.807, 2.05) is 19.1 Å². The summed E-state index contributed by atoms with van der Waals surface area (Å²) >= 11 is 0. The molecule has 1 unspecified atom stereocenters. The van der Waals surface area contributed by atoms with E-state index in [-0.39, 0.29) is 24.0 Å². The van der Waals surface area contributed by atoms with Crippen molar-refractivity contribution >= 4 is 5.91 Å². The van der Waals surface area contributed by atoms with Crippen LogP contribution in [0.1, 0.15) is 33.3 Å². The average Bonchev–Trinajstić information content (AvgIpc) is 2.44. The van der Waals surface area contributed by atoms with Gasteiger partial charge in [0.25, 0.3) is 5.91 Å². The van der Waals surface area contributed by atoms with E-state index in [4.69, 9.17) is 9.47 Å². The third-order valence-corrected chi connectivity index (χ3v) is 3.68. The first-order chi connectivity index (χ1) is 9.86. The highest BCUT2D eigenvalue weighted by atomic mass is 16.5.